The lowest BCUT2D eigenvalue weighted by atomic mass is 10.2. The van der Waals surface area contributed by atoms with Crippen molar-refractivity contribution in [3.8, 4) is 22.8 Å². The van der Waals surface area contributed by atoms with E-state index in [9.17, 15) is 8.78 Å². The van der Waals surface area contributed by atoms with Crippen molar-refractivity contribution in [3.05, 3.63) is 48.3 Å². The Kier molecular flexibility index (Phi) is 2.86. The molecule has 0 aliphatic heterocycles. The molecule has 1 aromatic carbocycles. The molecule has 0 unspecified atom stereocenters. The lowest BCUT2D eigenvalue weighted by Crippen LogP contribution is -1.91. The number of nitrogens with two attached hydrogens (primary N) is 1. The van der Waals surface area contributed by atoms with Crippen LogP contribution in [-0.2, 0) is 0 Å². The molecule has 0 bridgehead atoms. The fraction of sp³-hybridized carbons (Fsp3) is 0. The average molecular weight is 274 g/mol. The summed E-state index contributed by atoms with van der Waals surface area (Å²) in [5.74, 6) is -1.19. The molecule has 2 aromatic heterocycles. The highest BCUT2D eigenvalue weighted by molar-refractivity contribution is 5.70. The zero-order valence-electron chi connectivity index (χ0n) is 10.0. The first-order valence-electron chi connectivity index (χ1n) is 5.63. The highest BCUT2D eigenvalue weighted by Gasteiger charge is 2.14. The summed E-state index contributed by atoms with van der Waals surface area (Å²) < 4.78 is 31.4. The smallest absolute Gasteiger partial charge is 0.260 e. The molecule has 0 aliphatic rings. The lowest BCUT2D eigenvalue weighted by Gasteiger charge is -1.97. The first-order valence-corrected chi connectivity index (χ1v) is 5.63. The summed E-state index contributed by atoms with van der Waals surface area (Å²) in [6.07, 6.45) is 2.97. The summed E-state index contributed by atoms with van der Waals surface area (Å²) in [6.45, 7) is 0. The molecule has 3 rings (SSSR count). The van der Waals surface area contributed by atoms with Crippen molar-refractivity contribution in [1.29, 1.82) is 0 Å². The predicted molar refractivity (Wildman–Crippen MR) is 67.3 cm³/mol. The van der Waals surface area contributed by atoms with Gasteiger partial charge in [0.1, 0.15) is 11.6 Å². The maximum absolute atomic E-state index is 13.2. The third-order valence-electron chi connectivity index (χ3n) is 2.63. The van der Waals surface area contributed by atoms with Gasteiger partial charge in [0.15, 0.2) is 0 Å². The average Bonchev–Trinajstić information content (AvgIpc) is 2.87. The summed E-state index contributed by atoms with van der Waals surface area (Å²) in [7, 11) is 0. The van der Waals surface area contributed by atoms with Gasteiger partial charge in [-0.05, 0) is 18.2 Å². The summed E-state index contributed by atoms with van der Waals surface area (Å²) >= 11 is 0. The third kappa shape index (κ3) is 2.20. The Labute approximate surface area is 112 Å². The van der Waals surface area contributed by atoms with Crippen LogP contribution in [0.15, 0.2) is 41.2 Å². The van der Waals surface area contributed by atoms with E-state index >= 15 is 0 Å². The second kappa shape index (κ2) is 4.69. The van der Waals surface area contributed by atoms with E-state index < -0.39 is 11.6 Å². The molecule has 3 aromatic rings. The molecule has 0 fully saturated rings. The van der Waals surface area contributed by atoms with Gasteiger partial charge in [-0.1, -0.05) is 5.16 Å². The van der Waals surface area contributed by atoms with Crippen LogP contribution in [0.4, 0.5) is 14.5 Å². The van der Waals surface area contributed by atoms with Crippen LogP contribution in [0, 0.1) is 11.6 Å². The van der Waals surface area contributed by atoms with Gasteiger partial charge in [0.05, 0.1) is 17.4 Å². The number of hydrogen-bond donors (Lipinski definition) is 1. The highest BCUT2D eigenvalue weighted by Crippen LogP contribution is 2.26. The van der Waals surface area contributed by atoms with Crippen LogP contribution < -0.4 is 5.73 Å². The van der Waals surface area contributed by atoms with Crippen LogP contribution in [-0.4, -0.2) is 15.1 Å². The number of rotatable bonds is 2. The quantitative estimate of drug-likeness (QED) is 0.777. The minimum absolute atomic E-state index is 0.0783. The Hall–Kier alpha value is -2.83. The van der Waals surface area contributed by atoms with Gasteiger partial charge >= 0.3 is 0 Å². The van der Waals surface area contributed by atoms with Gasteiger partial charge in [0.2, 0.25) is 5.82 Å². The molecule has 2 heterocycles. The minimum atomic E-state index is -0.713. The van der Waals surface area contributed by atoms with E-state index in [1.165, 1.54) is 12.4 Å². The number of aromatic nitrogens is 3. The molecule has 2 N–H and O–H groups in total. The summed E-state index contributed by atoms with van der Waals surface area (Å²) in [6, 6.07) is 4.62. The molecule has 0 saturated carbocycles. The van der Waals surface area contributed by atoms with Crippen LogP contribution in [0.5, 0.6) is 0 Å². The van der Waals surface area contributed by atoms with Crippen molar-refractivity contribution in [2.24, 2.45) is 0 Å². The standard InChI is InChI=1S/C13H8F2N4O/c14-8-3-7(4-9(15)5-8)12-18-13(20-19-12)10-1-2-17-6-11(10)16/h1-6H,16H2. The van der Waals surface area contributed by atoms with Gasteiger partial charge in [-0.3, -0.25) is 4.98 Å². The number of halogens is 2. The Morgan fingerprint density at radius 2 is 1.85 bits per heavy atom. The molecule has 0 spiro atoms. The number of benzene rings is 1. The van der Waals surface area contributed by atoms with E-state index in [4.69, 9.17) is 10.3 Å². The van der Waals surface area contributed by atoms with Gasteiger partial charge in [-0.15, -0.1) is 0 Å². The molecule has 0 amide bonds. The zero-order chi connectivity index (χ0) is 14.1. The second-order valence-electron chi connectivity index (χ2n) is 4.04. The fourth-order valence-corrected chi connectivity index (χ4v) is 1.73. The van der Waals surface area contributed by atoms with Crippen LogP contribution in [0.2, 0.25) is 0 Å². The molecule has 5 nitrogen and oxygen atoms in total. The third-order valence-corrected chi connectivity index (χ3v) is 2.63. The maximum Gasteiger partial charge on any atom is 0.260 e. The van der Waals surface area contributed by atoms with Gasteiger partial charge in [0, 0.05) is 17.8 Å². The van der Waals surface area contributed by atoms with Crippen LogP contribution in [0.25, 0.3) is 22.8 Å². The van der Waals surface area contributed by atoms with Gasteiger partial charge in [-0.25, -0.2) is 8.78 Å². The molecule has 20 heavy (non-hydrogen) atoms. The molecule has 100 valence electrons. The van der Waals surface area contributed by atoms with Crippen LogP contribution in [0.1, 0.15) is 0 Å². The van der Waals surface area contributed by atoms with Crippen molar-refractivity contribution in [2.75, 3.05) is 5.73 Å². The first kappa shape index (κ1) is 12.2. The number of nitrogen functional groups attached to an aromatic ring is 1. The number of hydrogen-bond acceptors (Lipinski definition) is 5. The largest absolute Gasteiger partial charge is 0.397 e. The molecule has 0 atom stereocenters. The molecular formula is C13H8F2N4O. The maximum atomic E-state index is 13.2. The minimum Gasteiger partial charge on any atom is -0.397 e. The molecule has 0 radical (unpaired) electrons. The van der Waals surface area contributed by atoms with E-state index in [1.807, 2.05) is 0 Å². The SMILES string of the molecule is Nc1cnccc1-c1nc(-c2cc(F)cc(F)c2)no1. The second-order valence-corrected chi connectivity index (χ2v) is 4.04. The number of pyridine rings is 1. The van der Waals surface area contributed by atoms with E-state index in [0.29, 0.717) is 11.3 Å². The van der Waals surface area contributed by atoms with Crippen molar-refractivity contribution in [3.63, 3.8) is 0 Å². The van der Waals surface area contributed by atoms with Crippen LogP contribution >= 0.6 is 0 Å². The summed E-state index contributed by atoms with van der Waals surface area (Å²) in [5, 5.41) is 3.69. The molecular weight excluding hydrogens is 266 g/mol. The van der Waals surface area contributed by atoms with Crippen molar-refractivity contribution < 1.29 is 13.3 Å². The molecule has 0 aliphatic carbocycles. The Morgan fingerprint density at radius 3 is 2.55 bits per heavy atom. The van der Waals surface area contributed by atoms with Gasteiger partial charge in [0.25, 0.3) is 5.89 Å². The van der Waals surface area contributed by atoms with Crippen molar-refractivity contribution in [2.45, 2.75) is 0 Å². The first-order chi connectivity index (χ1) is 9.63. The van der Waals surface area contributed by atoms with Crippen molar-refractivity contribution >= 4 is 5.69 Å². The molecule has 7 heteroatoms. The van der Waals surface area contributed by atoms with Crippen molar-refractivity contribution in [1.82, 2.24) is 15.1 Å². The fourth-order valence-electron chi connectivity index (χ4n) is 1.73. The van der Waals surface area contributed by atoms with E-state index in [-0.39, 0.29) is 17.3 Å². The van der Waals surface area contributed by atoms with Gasteiger partial charge < -0.3 is 10.3 Å². The predicted octanol–water partition coefficient (Wildman–Crippen LogP) is 2.66. The number of nitrogens with zero attached hydrogens (tertiary/aromatic N) is 3. The Balaban J connectivity index is 2.04. The highest BCUT2D eigenvalue weighted by atomic mass is 19.1. The monoisotopic (exact) mass is 274 g/mol. The van der Waals surface area contributed by atoms with Gasteiger partial charge in [-0.2, -0.15) is 4.98 Å². The molecule has 0 saturated heterocycles. The topological polar surface area (TPSA) is 77.8 Å². The normalized spacial score (nSPS) is 10.7. The van der Waals surface area contributed by atoms with E-state index in [0.717, 1.165) is 18.2 Å². The Bertz CT molecular complexity index is 752. The Morgan fingerprint density at radius 1 is 1.10 bits per heavy atom. The van der Waals surface area contributed by atoms with Crippen LogP contribution in [0.3, 0.4) is 0 Å². The summed E-state index contributed by atoms with van der Waals surface area (Å²) in [5.41, 5.74) is 6.80. The number of anilines is 1. The lowest BCUT2D eigenvalue weighted by molar-refractivity contribution is 0.432. The summed E-state index contributed by atoms with van der Waals surface area (Å²) in [4.78, 5) is 7.92. The van der Waals surface area contributed by atoms with E-state index in [1.54, 1.807) is 6.07 Å². The van der Waals surface area contributed by atoms with E-state index in [2.05, 4.69) is 15.1 Å². The zero-order valence-corrected chi connectivity index (χ0v) is 10.0.